The third-order valence-corrected chi connectivity index (χ3v) is 9.62. The van der Waals surface area contributed by atoms with Crippen LogP contribution in [-0.4, -0.2) is 44.3 Å². The predicted molar refractivity (Wildman–Crippen MR) is 181 cm³/mol. The normalized spacial score (nSPS) is 11.9. The first-order chi connectivity index (χ1) is 21.6. The first-order valence-corrected chi connectivity index (χ1v) is 17.0. The van der Waals surface area contributed by atoms with E-state index in [0.717, 1.165) is 28.3 Å². The highest BCUT2D eigenvalue weighted by Gasteiger charge is 2.34. The third kappa shape index (κ3) is 9.33. The fourth-order valence-electron chi connectivity index (χ4n) is 4.87. The maximum atomic E-state index is 14.5. The van der Waals surface area contributed by atoms with Gasteiger partial charge < -0.3 is 10.2 Å². The van der Waals surface area contributed by atoms with Crippen LogP contribution in [0, 0.1) is 6.92 Å². The minimum absolute atomic E-state index is 0.0141. The average molecular weight is 667 g/mol. The van der Waals surface area contributed by atoms with Crippen molar-refractivity contribution in [1.82, 2.24) is 10.2 Å². The molecule has 0 saturated heterocycles. The second-order valence-corrected chi connectivity index (χ2v) is 13.5. The topological polar surface area (TPSA) is 86.8 Å². The number of benzene rings is 4. The van der Waals surface area contributed by atoms with Crippen LogP contribution in [0.1, 0.15) is 36.5 Å². The van der Waals surface area contributed by atoms with Gasteiger partial charge in [0.2, 0.25) is 11.8 Å². The molecule has 0 aromatic heterocycles. The molecule has 0 spiro atoms. The number of rotatable bonds is 14. The van der Waals surface area contributed by atoms with Crippen molar-refractivity contribution in [3.63, 3.8) is 0 Å². The van der Waals surface area contributed by atoms with E-state index in [9.17, 15) is 18.0 Å². The largest absolute Gasteiger partial charge is 0.354 e. The predicted octanol–water partition coefficient (Wildman–Crippen LogP) is 7.05. The van der Waals surface area contributed by atoms with Crippen LogP contribution >= 0.6 is 23.2 Å². The standard InChI is InChI=1S/C35H37Cl2N3O4S/c1-3-4-21-38-35(42)33(23-27-9-6-5-7-10-27)39(24-28-11-8-12-30(37)22-28)34(41)25-40(31-17-13-26(2)14-18-31)45(43,44)32-19-15-29(36)16-20-32/h5-20,22,33H,3-4,21,23-25H2,1-2H3,(H,38,42)/t33-/m1/s1. The van der Waals surface area contributed by atoms with Crippen molar-refractivity contribution in [1.29, 1.82) is 0 Å². The molecule has 7 nitrogen and oxygen atoms in total. The van der Waals surface area contributed by atoms with Crippen molar-refractivity contribution in [2.75, 3.05) is 17.4 Å². The molecule has 0 fully saturated rings. The minimum atomic E-state index is -4.21. The molecule has 10 heteroatoms. The molecule has 0 unspecified atom stereocenters. The molecule has 1 atom stereocenters. The summed E-state index contributed by atoms with van der Waals surface area (Å²) >= 11 is 12.4. The van der Waals surface area contributed by atoms with Crippen LogP contribution in [0.2, 0.25) is 10.0 Å². The van der Waals surface area contributed by atoms with Crippen molar-refractivity contribution in [3.8, 4) is 0 Å². The third-order valence-electron chi connectivity index (χ3n) is 7.35. The molecule has 4 aromatic carbocycles. The molecule has 0 bridgehead atoms. The molecule has 1 N–H and O–H groups in total. The number of carbonyl (C=O) groups is 2. The summed E-state index contributed by atoms with van der Waals surface area (Å²) in [6.07, 6.45) is 1.91. The zero-order valence-corrected chi connectivity index (χ0v) is 27.7. The molecule has 0 aliphatic heterocycles. The first-order valence-electron chi connectivity index (χ1n) is 14.8. The second kappa shape index (κ2) is 15.9. The van der Waals surface area contributed by atoms with Crippen molar-refractivity contribution >= 4 is 50.7 Å². The fourth-order valence-corrected chi connectivity index (χ4v) is 6.62. The van der Waals surface area contributed by atoms with Crippen LogP contribution in [0.15, 0.2) is 108 Å². The van der Waals surface area contributed by atoms with Gasteiger partial charge >= 0.3 is 0 Å². The van der Waals surface area contributed by atoms with Gasteiger partial charge in [-0.2, -0.15) is 0 Å². The number of sulfonamides is 1. The number of halogens is 2. The summed E-state index contributed by atoms with van der Waals surface area (Å²) in [6, 6.07) is 28.3. The molecule has 0 saturated carbocycles. The van der Waals surface area contributed by atoms with E-state index in [1.54, 1.807) is 42.5 Å². The van der Waals surface area contributed by atoms with Crippen molar-refractivity contribution < 1.29 is 18.0 Å². The lowest BCUT2D eigenvalue weighted by atomic mass is 10.0. The lowest BCUT2D eigenvalue weighted by molar-refractivity contribution is -0.140. The molecule has 236 valence electrons. The summed E-state index contributed by atoms with van der Waals surface area (Å²) in [5.41, 5.74) is 2.82. The van der Waals surface area contributed by atoms with Gasteiger partial charge in [-0.1, -0.05) is 96.7 Å². The lowest BCUT2D eigenvalue weighted by Gasteiger charge is -2.34. The molecule has 0 heterocycles. The molecule has 0 aliphatic carbocycles. The number of anilines is 1. The quantitative estimate of drug-likeness (QED) is 0.146. The van der Waals surface area contributed by atoms with Gasteiger partial charge in [0, 0.05) is 29.6 Å². The number of unbranched alkanes of at least 4 members (excludes halogenated alkanes) is 1. The molecular weight excluding hydrogens is 629 g/mol. The smallest absolute Gasteiger partial charge is 0.264 e. The fraction of sp³-hybridized carbons (Fsp3) is 0.257. The number of amides is 2. The molecule has 2 amide bonds. The molecule has 45 heavy (non-hydrogen) atoms. The van der Waals surface area contributed by atoms with E-state index in [-0.39, 0.29) is 23.8 Å². The van der Waals surface area contributed by atoms with Gasteiger partial charge in [0.15, 0.2) is 0 Å². The zero-order valence-electron chi connectivity index (χ0n) is 25.3. The Labute approximate surface area is 275 Å². The van der Waals surface area contributed by atoms with E-state index in [4.69, 9.17) is 23.2 Å². The summed E-state index contributed by atoms with van der Waals surface area (Å²) in [5.74, 6) is -0.857. The maximum Gasteiger partial charge on any atom is 0.264 e. The first kappa shape index (κ1) is 34.0. The zero-order chi connectivity index (χ0) is 32.4. The van der Waals surface area contributed by atoms with Crippen molar-refractivity contribution in [3.05, 3.63) is 130 Å². The Morgan fingerprint density at radius 1 is 0.822 bits per heavy atom. The summed E-state index contributed by atoms with van der Waals surface area (Å²) in [6.45, 7) is 3.89. The van der Waals surface area contributed by atoms with E-state index in [2.05, 4.69) is 5.32 Å². The molecule has 4 aromatic rings. The Balaban J connectivity index is 1.78. The average Bonchev–Trinajstić information content (AvgIpc) is 3.02. The van der Waals surface area contributed by atoms with Crippen LogP contribution in [-0.2, 0) is 32.6 Å². The lowest BCUT2D eigenvalue weighted by Crippen LogP contribution is -2.53. The van der Waals surface area contributed by atoms with Crippen LogP contribution in [0.5, 0.6) is 0 Å². The molecular formula is C35H37Cl2N3O4S. The Morgan fingerprint density at radius 3 is 2.13 bits per heavy atom. The number of carbonyl (C=O) groups excluding carboxylic acids is 2. The summed E-state index contributed by atoms with van der Waals surface area (Å²) in [5, 5.41) is 3.86. The number of hydrogen-bond donors (Lipinski definition) is 1. The monoisotopic (exact) mass is 665 g/mol. The van der Waals surface area contributed by atoms with Gasteiger partial charge in [-0.3, -0.25) is 13.9 Å². The van der Waals surface area contributed by atoms with Crippen LogP contribution in [0.3, 0.4) is 0 Å². The SMILES string of the molecule is CCCCNC(=O)[C@@H](Cc1ccccc1)N(Cc1cccc(Cl)c1)C(=O)CN(c1ccc(C)cc1)S(=O)(=O)c1ccc(Cl)cc1. The van der Waals surface area contributed by atoms with E-state index < -0.39 is 28.5 Å². The van der Waals surface area contributed by atoms with Gasteiger partial charge in [-0.15, -0.1) is 0 Å². The summed E-state index contributed by atoms with van der Waals surface area (Å²) in [7, 11) is -4.21. The van der Waals surface area contributed by atoms with Crippen LogP contribution in [0.25, 0.3) is 0 Å². The maximum absolute atomic E-state index is 14.5. The second-order valence-electron chi connectivity index (χ2n) is 10.8. The molecule has 4 rings (SSSR count). The van der Waals surface area contributed by atoms with Crippen molar-refractivity contribution in [2.24, 2.45) is 0 Å². The van der Waals surface area contributed by atoms with E-state index in [1.807, 2.05) is 50.2 Å². The summed E-state index contributed by atoms with van der Waals surface area (Å²) < 4.78 is 29.2. The summed E-state index contributed by atoms with van der Waals surface area (Å²) in [4.78, 5) is 29.7. The number of hydrogen-bond acceptors (Lipinski definition) is 4. The van der Waals surface area contributed by atoms with Crippen molar-refractivity contribution in [2.45, 2.75) is 50.6 Å². The van der Waals surface area contributed by atoms with Crippen LogP contribution < -0.4 is 9.62 Å². The minimum Gasteiger partial charge on any atom is -0.354 e. The number of nitrogens with zero attached hydrogens (tertiary/aromatic N) is 2. The Bertz CT molecular complexity index is 1680. The van der Waals surface area contributed by atoms with Gasteiger partial charge in [0.25, 0.3) is 10.0 Å². The number of aryl methyl sites for hydroxylation is 1. The highest BCUT2D eigenvalue weighted by atomic mass is 35.5. The highest BCUT2D eigenvalue weighted by Crippen LogP contribution is 2.26. The van der Waals surface area contributed by atoms with Gasteiger partial charge in [-0.25, -0.2) is 8.42 Å². The highest BCUT2D eigenvalue weighted by molar-refractivity contribution is 7.92. The Hall–Kier alpha value is -3.85. The molecule has 0 radical (unpaired) electrons. The van der Waals surface area contributed by atoms with E-state index >= 15 is 0 Å². The van der Waals surface area contributed by atoms with Crippen LogP contribution in [0.4, 0.5) is 5.69 Å². The number of nitrogens with one attached hydrogen (secondary N) is 1. The van der Waals surface area contributed by atoms with E-state index in [0.29, 0.717) is 27.8 Å². The Kier molecular flexibility index (Phi) is 12.0. The van der Waals surface area contributed by atoms with Gasteiger partial charge in [0.1, 0.15) is 12.6 Å². The van der Waals surface area contributed by atoms with Gasteiger partial charge in [0.05, 0.1) is 10.6 Å². The van der Waals surface area contributed by atoms with E-state index in [1.165, 1.54) is 29.2 Å². The molecule has 0 aliphatic rings. The van der Waals surface area contributed by atoms with Gasteiger partial charge in [-0.05, 0) is 73.0 Å². The Morgan fingerprint density at radius 2 is 1.49 bits per heavy atom.